The van der Waals surface area contributed by atoms with Crippen molar-refractivity contribution in [1.82, 2.24) is 9.88 Å². The van der Waals surface area contributed by atoms with E-state index < -0.39 is 0 Å². The van der Waals surface area contributed by atoms with Gasteiger partial charge in [-0.1, -0.05) is 0 Å². The Kier molecular flexibility index (Phi) is 3.86. The minimum atomic E-state index is -0.0652. The summed E-state index contributed by atoms with van der Waals surface area (Å²) in [5, 5.41) is 8.74. The third-order valence-corrected chi connectivity index (χ3v) is 2.65. The summed E-state index contributed by atoms with van der Waals surface area (Å²) in [4.78, 5) is 6.14. The van der Waals surface area contributed by atoms with E-state index in [9.17, 15) is 0 Å². The number of nitriles is 1. The molecule has 0 saturated heterocycles. The van der Waals surface area contributed by atoms with Crippen LogP contribution >= 0.6 is 0 Å². The van der Waals surface area contributed by atoms with Gasteiger partial charge in [0.1, 0.15) is 6.61 Å². The molecule has 4 nitrogen and oxygen atoms in total. The lowest BCUT2D eigenvalue weighted by atomic mass is 10.1. The van der Waals surface area contributed by atoms with Gasteiger partial charge >= 0.3 is 0 Å². The number of aromatic nitrogens is 1. The Hall–Kier alpha value is -1.60. The van der Waals surface area contributed by atoms with Crippen molar-refractivity contribution in [2.24, 2.45) is 0 Å². The number of hydrogen-bond acceptors (Lipinski definition) is 4. The Bertz CT molecular complexity index is 393. The number of nitrogens with zero attached hydrogens (tertiary/aromatic N) is 3. The van der Waals surface area contributed by atoms with Gasteiger partial charge in [0.25, 0.3) is 0 Å². The summed E-state index contributed by atoms with van der Waals surface area (Å²) in [5.74, 6) is 0.494. The fourth-order valence-corrected chi connectivity index (χ4v) is 0.938. The summed E-state index contributed by atoms with van der Waals surface area (Å²) in [6.45, 7) is 4.70. The van der Waals surface area contributed by atoms with Crippen LogP contribution < -0.4 is 4.74 Å². The molecule has 4 heteroatoms. The highest BCUT2D eigenvalue weighted by Crippen LogP contribution is 2.14. The van der Waals surface area contributed by atoms with Crippen LogP contribution in [0.1, 0.15) is 19.4 Å². The quantitative estimate of drug-likeness (QED) is 0.773. The van der Waals surface area contributed by atoms with Crippen molar-refractivity contribution in [2.75, 3.05) is 20.7 Å². The molecule has 0 unspecified atom stereocenters. The molecule has 0 aliphatic heterocycles. The van der Waals surface area contributed by atoms with Crippen LogP contribution in [0.3, 0.4) is 0 Å². The second-order valence-electron chi connectivity index (χ2n) is 4.49. The third kappa shape index (κ3) is 3.21. The van der Waals surface area contributed by atoms with E-state index in [4.69, 9.17) is 10.00 Å². The monoisotopic (exact) mass is 219 g/mol. The molecule has 0 aliphatic carbocycles. The highest BCUT2D eigenvalue weighted by molar-refractivity contribution is 5.31. The first-order valence-electron chi connectivity index (χ1n) is 5.12. The molecule has 0 saturated carbocycles. The SMILES string of the molecule is CN(C)C(C)(C)COc1cc(C#N)ccn1. The predicted molar refractivity (Wildman–Crippen MR) is 62.2 cm³/mol. The Morgan fingerprint density at radius 3 is 2.75 bits per heavy atom. The molecule has 1 aromatic rings. The second-order valence-corrected chi connectivity index (χ2v) is 4.49. The van der Waals surface area contributed by atoms with Crippen LogP contribution in [0, 0.1) is 11.3 Å². The molecule has 0 radical (unpaired) electrons. The molecule has 86 valence electrons. The Morgan fingerprint density at radius 2 is 2.19 bits per heavy atom. The standard InChI is InChI=1S/C12H17N3O/c1-12(2,15(3)4)9-16-11-7-10(8-13)5-6-14-11/h5-7H,9H2,1-4H3. The molecule has 0 N–H and O–H groups in total. The van der Waals surface area contributed by atoms with Gasteiger partial charge in [0, 0.05) is 17.8 Å². The van der Waals surface area contributed by atoms with Crippen LogP contribution in [-0.2, 0) is 0 Å². The molecule has 0 aliphatic rings. The molecule has 0 bridgehead atoms. The minimum Gasteiger partial charge on any atom is -0.476 e. The van der Waals surface area contributed by atoms with E-state index in [2.05, 4.69) is 29.8 Å². The molecular formula is C12H17N3O. The lowest BCUT2D eigenvalue weighted by Gasteiger charge is -2.31. The van der Waals surface area contributed by atoms with Crippen LogP contribution in [0.2, 0.25) is 0 Å². The third-order valence-electron chi connectivity index (χ3n) is 2.65. The maximum Gasteiger partial charge on any atom is 0.214 e. The first-order chi connectivity index (χ1) is 7.45. The first kappa shape index (κ1) is 12.5. The summed E-state index contributed by atoms with van der Waals surface area (Å²) < 4.78 is 5.57. The topological polar surface area (TPSA) is 49.1 Å². The molecule has 1 heterocycles. The number of ether oxygens (including phenoxy) is 1. The molecule has 16 heavy (non-hydrogen) atoms. The zero-order valence-corrected chi connectivity index (χ0v) is 10.2. The molecule has 0 aromatic carbocycles. The van der Waals surface area contributed by atoms with E-state index in [1.165, 1.54) is 0 Å². The average Bonchev–Trinajstić information content (AvgIpc) is 2.26. The van der Waals surface area contributed by atoms with E-state index in [1.54, 1.807) is 18.3 Å². The summed E-state index contributed by atoms with van der Waals surface area (Å²) in [6, 6.07) is 5.36. The largest absolute Gasteiger partial charge is 0.476 e. The Balaban J connectivity index is 2.65. The molecule has 0 amide bonds. The number of pyridine rings is 1. The summed E-state index contributed by atoms with van der Waals surface area (Å²) >= 11 is 0. The van der Waals surface area contributed by atoms with Crippen LogP contribution in [-0.4, -0.2) is 36.1 Å². The van der Waals surface area contributed by atoms with E-state index >= 15 is 0 Å². The van der Waals surface area contributed by atoms with Crippen LogP contribution in [0.4, 0.5) is 0 Å². The molecule has 0 spiro atoms. The van der Waals surface area contributed by atoms with Gasteiger partial charge in [-0.2, -0.15) is 5.26 Å². The molecule has 0 atom stereocenters. The lowest BCUT2D eigenvalue weighted by molar-refractivity contribution is 0.111. The Labute approximate surface area is 96.5 Å². The van der Waals surface area contributed by atoms with E-state index in [-0.39, 0.29) is 5.54 Å². The maximum atomic E-state index is 8.74. The highest BCUT2D eigenvalue weighted by atomic mass is 16.5. The molecule has 1 rings (SSSR count). The van der Waals surface area contributed by atoms with Gasteiger partial charge in [0.05, 0.1) is 11.6 Å². The fraction of sp³-hybridized carbons (Fsp3) is 0.500. The summed E-state index contributed by atoms with van der Waals surface area (Å²) in [6.07, 6.45) is 1.58. The summed E-state index contributed by atoms with van der Waals surface area (Å²) in [7, 11) is 4.00. The number of likely N-dealkylation sites (N-methyl/N-ethyl adjacent to an activating group) is 1. The van der Waals surface area contributed by atoms with Crippen molar-refractivity contribution in [3.63, 3.8) is 0 Å². The number of hydrogen-bond donors (Lipinski definition) is 0. The van der Waals surface area contributed by atoms with Gasteiger partial charge in [-0.05, 0) is 34.0 Å². The predicted octanol–water partition coefficient (Wildman–Crippen LogP) is 1.67. The van der Waals surface area contributed by atoms with Crippen molar-refractivity contribution in [1.29, 1.82) is 5.26 Å². The average molecular weight is 219 g/mol. The Morgan fingerprint density at radius 1 is 1.50 bits per heavy atom. The van der Waals surface area contributed by atoms with Crippen molar-refractivity contribution in [3.8, 4) is 11.9 Å². The van der Waals surface area contributed by atoms with Crippen LogP contribution in [0.15, 0.2) is 18.3 Å². The van der Waals surface area contributed by atoms with Crippen LogP contribution in [0.25, 0.3) is 0 Å². The molecule has 1 aromatic heterocycles. The normalized spacial score (nSPS) is 11.2. The minimum absolute atomic E-state index is 0.0652. The van der Waals surface area contributed by atoms with Gasteiger partial charge < -0.3 is 9.64 Å². The van der Waals surface area contributed by atoms with Gasteiger partial charge in [0.15, 0.2) is 0 Å². The summed E-state index contributed by atoms with van der Waals surface area (Å²) in [5.41, 5.74) is 0.497. The van der Waals surface area contributed by atoms with Gasteiger partial charge in [-0.15, -0.1) is 0 Å². The molecule has 0 fully saturated rings. The zero-order chi connectivity index (χ0) is 12.2. The van der Waals surface area contributed by atoms with Crippen LogP contribution in [0.5, 0.6) is 5.88 Å². The van der Waals surface area contributed by atoms with Crippen molar-refractivity contribution in [3.05, 3.63) is 23.9 Å². The highest BCUT2D eigenvalue weighted by Gasteiger charge is 2.21. The smallest absolute Gasteiger partial charge is 0.214 e. The van der Waals surface area contributed by atoms with Crippen molar-refractivity contribution in [2.45, 2.75) is 19.4 Å². The second kappa shape index (κ2) is 4.95. The number of rotatable bonds is 4. The lowest BCUT2D eigenvalue weighted by Crippen LogP contribution is -2.43. The molecular weight excluding hydrogens is 202 g/mol. The zero-order valence-electron chi connectivity index (χ0n) is 10.2. The van der Waals surface area contributed by atoms with E-state index in [0.717, 1.165) is 0 Å². The van der Waals surface area contributed by atoms with Gasteiger partial charge in [-0.25, -0.2) is 4.98 Å². The van der Waals surface area contributed by atoms with Crippen molar-refractivity contribution >= 4 is 0 Å². The van der Waals surface area contributed by atoms with Gasteiger partial charge in [0.2, 0.25) is 5.88 Å². The first-order valence-corrected chi connectivity index (χ1v) is 5.12. The van der Waals surface area contributed by atoms with Crippen molar-refractivity contribution < 1.29 is 4.74 Å². The maximum absolute atomic E-state index is 8.74. The van der Waals surface area contributed by atoms with Gasteiger partial charge in [-0.3, -0.25) is 0 Å². The van der Waals surface area contributed by atoms with E-state index in [1.807, 2.05) is 14.1 Å². The fourth-order valence-electron chi connectivity index (χ4n) is 0.938. The van der Waals surface area contributed by atoms with E-state index in [0.29, 0.717) is 18.1 Å².